The van der Waals surface area contributed by atoms with Crippen LogP contribution in [-0.2, 0) is 4.79 Å². The lowest BCUT2D eigenvalue weighted by atomic mass is 9.84. The van der Waals surface area contributed by atoms with Gasteiger partial charge in [0, 0.05) is 38.4 Å². The van der Waals surface area contributed by atoms with Crippen LogP contribution in [0.5, 0.6) is 0 Å². The summed E-state index contributed by atoms with van der Waals surface area (Å²) in [5.74, 6) is 0.585. The van der Waals surface area contributed by atoms with Crippen molar-refractivity contribution >= 4 is 34.4 Å². The smallest absolute Gasteiger partial charge is 0.345 e. The number of pyridine rings is 1. The van der Waals surface area contributed by atoms with Crippen LogP contribution in [0.1, 0.15) is 35.0 Å². The SMILES string of the molecule is O=C(NCC(F)(F)F)[C@@H]1C[C@@H]2CCCC[C@@H]2N1c1ccnc(-c2c[nH]c3ncc(Cl)cc23)n1.[HH].[HH]. The number of hydrogen-bond donors (Lipinski definition) is 2. The van der Waals surface area contributed by atoms with Crippen LogP contribution in [0.2, 0.25) is 5.02 Å². The number of fused-ring (bicyclic) bond motifs is 2. The number of aromatic amines is 1. The molecule has 3 aromatic heterocycles. The molecule has 2 aliphatic rings. The number of rotatable bonds is 4. The van der Waals surface area contributed by atoms with Crippen molar-refractivity contribution in [1.29, 1.82) is 0 Å². The summed E-state index contributed by atoms with van der Waals surface area (Å²) in [7, 11) is 0. The minimum Gasteiger partial charge on any atom is -0.345 e. The number of aromatic nitrogens is 4. The van der Waals surface area contributed by atoms with Crippen LogP contribution in [0, 0.1) is 5.92 Å². The molecule has 4 heterocycles. The van der Waals surface area contributed by atoms with Gasteiger partial charge in [0.1, 0.15) is 24.1 Å². The van der Waals surface area contributed by atoms with Crippen LogP contribution >= 0.6 is 11.6 Å². The molecule has 2 fully saturated rings. The molecule has 0 aromatic carbocycles. The first kappa shape index (κ1) is 21.9. The number of halogens is 4. The fourth-order valence-electron chi connectivity index (χ4n) is 5.11. The average Bonchev–Trinajstić information content (AvgIpc) is 3.38. The van der Waals surface area contributed by atoms with Gasteiger partial charge in [0.25, 0.3) is 0 Å². The predicted octanol–water partition coefficient (Wildman–Crippen LogP) is 4.98. The van der Waals surface area contributed by atoms with Gasteiger partial charge in [-0.1, -0.05) is 24.4 Å². The molecule has 1 amide bonds. The maximum absolute atomic E-state index is 12.8. The zero-order valence-electron chi connectivity index (χ0n) is 17.6. The molecule has 3 atom stereocenters. The summed E-state index contributed by atoms with van der Waals surface area (Å²) in [6, 6.07) is 2.83. The summed E-state index contributed by atoms with van der Waals surface area (Å²) < 4.78 is 38.2. The number of anilines is 1. The molecular weight excluding hydrogens is 457 g/mol. The summed E-state index contributed by atoms with van der Waals surface area (Å²) in [5.41, 5.74) is 1.35. The first-order chi connectivity index (χ1) is 15.8. The molecular formula is C22H26ClF3N6O. The highest BCUT2D eigenvalue weighted by molar-refractivity contribution is 6.31. The molecule has 0 spiro atoms. The third kappa shape index (κ3) is 4.36. The van der Waals surface area contributed by atoms with Crippen LogP contribution in [0.25, 0.3) is 22.4 Å². The van der Waals surface area contributed by atoms with Gasteiger partial charge in [-0.15, -0.1) is 0 Å². The van der Waals surface area contributed by atoms with Crippen molar-refractivity contribution in [2.24, 2.45) is 5.92 Å². The Bertz CT molecular complexity index is 1190. The number of amides is 1. The molecule has 1 saturated carbocycles. The maximum atomic E-state index is 12.8. The van der Waals surface area contributed by atoms with Crippen molar-refractivity contribution in [2.75, 3.05) is 11.4 Å². The molecule has 11 heteroatoms. The van der Waals surface area contributed by atoms with Crippen LogP contribution in [0.4, 0.5) is 19.0 Å². The van der Waals surface area contributed by atoms with Gasteiger partial charge in [0.05, 0.1) is 5.02 Å². The quantitative estimate of drug-likeness (QED) is 0.547. The van der Waals surface area contributed by atoms with E-state index in [9.17, 15) is 18.0 Å². The van der Waals surface area contributed by atoms with Crippen molar-refractivity contribution in [2.45, 2.75) is 50.4 Å². The van der Waals surface area contributed by atoms with Gasteiger partial charge in [0.15, 0.2) is 5.82 Å². The van der Waals surface area contributed by atoms with Gasteiger partial charge in [-0.25, -0.2) is 15.0 Å². The Labute approximate surface area is 195 Å². The van der Waals surface area contributed by atoms with Gasteiger partial charge in [-0.2, -0.15) is 13.2 Å². The van der Waals surface area contributed by atoms with Crippen molar-refractivity contribution in [3.8, 4) is 11.4 Å². The summed E-state index contributed by atoms with van der Waals surface area (Å²) in [6.45, 7) is -1.34. The van der Waals surface area contributed by atoms with Gasteiger partial charge >= 0.3 is 6.18 Å². The Morgan fingerprint density at radius 1 is 1.30 bits per heavy atom. The highest BCUT2D eigenvalue weighted by Gasteiger charge is 2.46. The molecule has 7 nitrogen and oxygen atoms in total. The van der Waals surface area contributed by atoms with E-state index in [0.717, 1.165) is 31.1 Å². The van der Waals surface area contributed by atoms with E-state index >= 15 is 0 Å². The van der Waals surface area contributed by atoms with Crippen molar-refractivity contribution < 1.29 is 20.8 Å². The molecule has 178 valence electrons. The zero-order valence-corrected chi connectivity index (χ0v) is 18.3. The number of carbonyl (C=O) groups excluding carboxylic acids is 1. The monoisotopic (exact) mass is 482 g/mol. The van der Waals surface area contributed by atoms with Crippen molar-refractivity contribution in [1.82, 2.24) is 25.3 Å². The first-order valence-corrected chi connectivity index (χ1v) is 11.3. The van der Waals surface area contributed by atoms with E-state index < -0.39 is 24.7 Å². The van der Waals surface area contributed by atoms with Crippen LogP contribution < -0.4 is 10.2 Å². The molecule has 33 heavy (non-hydrogen) atoms. The van der Waals surface area contributed by atoms with E-state index in [0.29, 0.717) is 34.3 Å². The summed E-state index contributed by atoms with van der Waals surface area (Å²) in [4.78, 5) is 31.2. The van der Waals surface area contributed by atoms with E-state index in [1.165, 1.54) is 0 Å². The molecule has 1 aliphatic carbocycles. The van der Waals surface area contributed by atoms with Gasteiger partial charge in [-0.05, 0) is 37.3 Å². The third-order valence-electron chi connectivity index (χ3n) is 6.50. The summed E-state index contributed by atoms with van der Waals surface area (Å²) in [6.07, 6.45) is 4.85. The molecule has 3 aromatic rings. The van der Waals surface area contributed by atoms with Crippen LogP contribution in [0.3, 0.4) is 0 Å². The average molecular weight is 483 g/mol. The fourth-order valence-corrected chi connectivity index (χ4v) is 5.27. The number of alkyl halides is 3. The van der Waals surface area contributed by atoms with Crippen molar-refractivity contribution in [3.63, 3.8) is 0 Å². The highest BCUT2D eigenvalue weighted by atomic mass is 35.5. The van der Waals surface area contributed by atoms with Gasteiger partial charge < -0.3 is 15.2 Å². The second-order valence-corrected chi connectivity index (χ2v) is 9.03. The Morgan fingerprint density at radius 2 is 2.12 bits per heavy atom. The molecule has 0 bridgehead atoms. The normalized spacial score (nSPS) is 23.0. The van der Waals surface area contributed by atoms with Crippen molar-refractivity contribution in [3.05, 3.63) is 35.7 Å². The topological polar surface area (TPSA) is 86.8 Å². The summed E-state index contributed by atoms with van der Waals surface area (Å²) in [5, 5.41) is 3.31. The Kier molecular flexibility index (Phi) is 5.64. The Balaban J connectivity index is 0.00000171. The zero-order chi connectivity index (χ0) is 23.2. The second kappa shape index (κ2) is 8.48. The number of H-pyrrole nitrogens is 1. The predicted molar refractivity (Wildman–Crippen MR) is 122 cm³/mol. The lowest BCUT2D eigenvalue weighted by Gasteiger charge is -2.34. The second-order valence-electron chi connectivity index (χ2n) is 8.59. The number of carbonyl (C=O) groups is 1. The fraction of sp³-hybridized carbons (Fsp3) is 0.455. The Hall–Kier alpha value is -2.88. The van der Waals surface area contributed by atoms with E-state index in [1.807, 2.05) is 4.90 Å². The number of nitrogens with zero attached hydrogens (tertiary/aromatic N) is 4. The highest BCUT2D eigenvalue weighted by Crippen LogP contribution is 2.42. The minimum atomic E-state index is -4.46. The largest absolute Gasteiger partial charge is 0.405 e. The first-order valence-electron chi connectivity index (χ1n) is 10.9. The minimum absolute atomic E-state index is 0. The molecule has 2 N–H and O–H groups in total. The molecule has 1 aliphatic heterocycles. The third-order valence-corrected chi connectivity index (χ3v) is 6.70. The van der Waals surface area contributed by atoms with E-state index in [-0.39, 0.29) is 14.8 Å². The lowest BCUT2D eigenvalue weighted by Crippen LogP contribution is -2.49. The van der Waals surface area contributed by atoms with E-state index in [1.54, 1.807) is 30.7 Å². The molecule has 0 radical (unpaired) electrons. The van der Waals surface area contributed by atoms with E-state index in [2.05, 4.69) is 20.3 Å². The van der Waals surface area contributed by atoms with E-state index in [4.69, 9.17) is 16.6 Å². The van der Waals surface area contributed by atoms with Gasteiger partial charge in [0.2, 0.25) is 5.91 Å². The Morgan fingerprint density at radius 3 is 2.94 bits per heavy atom. The maximum Gasteiger partial charge on any atom is 0.405 e. The van der Waals surface area contributed by atoms with Gasteiger partial charge in [-0.3, -0.25) is 4.79 Å². The lowest BCUT2D eigenvalue weighted by molar-refractivity contribution is -0.139. The molecule has 0 unspecified atom stereocenters. The number of hydrogen-bond acceptors (Lipinski definition) is 5. The van der Waals surface area contributed by atoms with Crippen LogP contribution in [-0.4, -0.2) is 50.6 Å². The number of nitrogens with one attached hydrogen (secondary N) is 2. The van der Waals surface area contributed by atoms with Crippen LogP contribution in [0.15, 0.2) is 30.7 Å². The summed E-state index contributed by atoms with van der Waals surface area (Å²) >= 11 is 6.11. The molecule has 5 rings (SSSR count). The molecule has 1 saturated heterocycles. The standard InChI is InChI=1S/C22H22ClF3N6O.2H2/c23-13-8-14-15(10-29-19(14)28-9-13)20-27-6-5-18(31-20)32-16-4-2-1-3-12(16)7-17(32)21(33)30-11-22(24,25)26;;/h5-6,8-10,12,16-17H,1-4,7,11H2,(H,28,29)(H,30,33);2*1H/t12-,16-,17-;;/m0../s1.